The lowest BCUT2D eigenvalue weighted by Crippen LogP contribution is -2.31. The highest BCUT2D eigenvalue weighted by atomic mass is 32.2. The zero-order chi connectivity index (χ0) is 32.3. The van der Waals surface area contributed by atoms with Crippen LogP contribution in [0.5, 0.6) is 11.5 Å². The van der Waals surface area contributed by atoms with Gasteiger partial charge in [-0.1, -0.05) is 31.7 Å². The van der Waals surface area contributed by atoms with Gasteiger partial charge in [0.1, 0.15) is 23.9 Å². The van der Waals surface area contributed by atoms with Gasteiger partial charge in [0, 0.05) is 11.6 Å². The summed E-state index contributed by atoms with van der Waals surface area (Å²) in [5.74, 6) is 0.365. The average Bonchev–Trinajstić information content (AvgIpc) is 3.63. The van der Waals surface area contributed by atoms with Crippen molar-refractivity contribution in [2.45, 2.75) is 26.1 Å². The fourth-order valence-electron chi connectivity index (χ4n) is 4.34. The zero-order valence-corrected chi connectivity index (χ0v) is 24.7. The maximum absolute atomic E-state index is 13.0. The first-order valence-corrected chi connectivity index (χ1v) is 14.2. The molecule has 0 saturated carbocycles. The number of anilines is 2. The maximum Gasteiger partial charge on any atom is 0.573 e. The molecule has 12 nitrogen and oxygen atoms in total. The Morgan fingerprint density at radius 1 is 1.13 bits per heavy atom. The monoisotopic (exact) mass is 636 g/mol. The number of nitrogens with zero attached hydrogens (tertiary/aromatic N) is 7. The third-order valence-electron chi connectivity index (χ3n) is 6.38. The van der Waals surface area contributed by atoms with Crippen LogP contribution in [0.25, 0.3) is 17.2 Å². The average molecular weight is 637 g/mol. The molecule has 0 spiro atoms. The maximum atomic E-state index is 13.0. The van der Waals surface area contributed by atoms with E-state index in [1.165, 1.54) is 41.2 Å². The zero-order valence-electron chi connectivity index (χ0n) is 23.9. The van der Waals surface area contributed by atoms with Crippen LogP contribution in [-0.4, -0.2) is 56.1 Å². The second-order valence-corrected chi connectivity index (χ2v) is 10.6. The van der Waals surface area contributed by atoms with E-state index in [-0.39, 0.29) is 45.6 Å². The Kier molecular flexibility index (Phi) is 8.73. The molecule has 3 amide bonds. The third-order valence-corrected chi connectivity index (χ3v) is 7.31. The number of methoxy groups -OCH3 is 1. The van der Waals surface area contributed by atoms with Crippen LogP contribution in [0.2, 0.25) is 0 Å². The van der Waals surface area contributed by atoms with E-state index in [1.54, 1.807) is 18.2 Å². The first kappa shape index (κ1) is 31.0. The molecular formula is C29H23F3N8O4S. The number of aromatic nitrogens is 4. The molecule has 1 N–H and O–H groups in total. The van der Waals surface area contributed by atoms with Crippen LogP contribution in [0.3, 0.4) is 0 Å². The predicted molar refractivity (Wildman–Crippen MR) is 159 cm³/mol. The van der Waals surface area contributed by atoms with Crippen LogP contribution in [0.1, 0.15) is 30.9 Å². The summed E-state index contributed by atoms with van der Waals surface area (Å²) in [4.78, 5) is 39.5. The number of carbonyl (C=O) groups excluding carboxylic acids is 2. The van der Waals surface area contributed by atoms with E-state index in [0.717, 1.165) is 29.6 Å². The number of amides is 3. The van der Waals surface area contributed by atoms with Gasteiger partial charge in [-0.15, -0.1) is 18.3 Å². The number of nitriles is 1. The molecular weight excluding hydrogens is 613 g/mol. The molecule has 230 valence electrons. The molecule has 0 radical (unpaired) electrons. The topological polar surface area (TPSA) is 148 Å². The Labute approximate surface area is 258 Å². The molecule has 4 aromatic rings. The van der Waals surface area contributed by atoms with Crippen molar-refractivity contribution < 1.29 is 32.2 Å². The Balaban J connectivity index is 1.34. The Morgan fingerprint density at radius 3 is 2.58 bits per heavy atom. The van der Waals surface area contributed by atoms with Crippen LogP contribution in [0.4, 0.5) is 29.3 Å². The molecule has 1 aliphatic heterocycles. The smallest absolute Gasteiger partial charge is 0.497 e. The number of pyridine rings is 1. The summed E-state index contributed by atoms with van der Waals surface area (Å²) >= 11 is 1.12. The number of alkyl halides is 3. The van der Waals surface area contributed by atoms with Crippen molar-refractivity contribution in [3.63, 3.8) is 0 Å². The molecule has 0 bridgehead atoms. The lowest BCUT2D eigenvalue weighted by atomic mass is 10.00. The number of amidine groups is 1. The van der Waals surface area contributed by atoms with Crippen molar-refractivity contribution in [3.8, 4) is 34.8 Å². The molecule has 0 unspecified atom stereocenters. The van der Waals surface area contributed by atoms with Gasteiger partial charge in [0.05, 0.1) is 36.0 Å². The lowest BCUT2D eigenvalue weighted by Gasteiger charge is -2.22. The first-order valence-electron chi connectivity index (χ1n) is 13.2. The van der Waals surface area contributed by atoms with Gasteiger partial charge in [-0.2, -0.15) is 10.3 Å². The largest absolute Gasteiger partial charge is 0.573 e. The van der Waals surface area contributed by atoms with E-state index < -0.39 is 18.1 Å². The Hall–Kier alpha value is -5.43. The van der Waals surface area contributed by atoms with Gasteiger partial charge in [-0.05, 0) is 47.9 Å². The SMILES string of the molecule is COc1ccc(C(C)C)c(N2C(=O)CS/C2=N\C(=O)Nc2ccc(-c3ncn(-c4ccc(OC(F)(F)F)cn4)n3)cc2C#N)c1. The minimum absolute atomic E-state index is 0.0756. The summed E-state index contributed by atoms with van der Waals surface area (Å²) in [6.07, 6.45) is -2.64. The number of ether oxygens (including phenoxy) is 2. The lowest BCUT2D eigenvalue weighted by molar-refractivity contribution is -0.274. The quantitative estimate of drug-likeness (QED) is 0.262. The van der Waals surface area contributed by atoms with E-state index in [9.17, 15) is 28.0 Å². The number of halogens is 3. The second kappa shape index (κ2) is 12.7. The molecule has 2 aromatic carbocycles. The van der Waals surface area contributed by atoms with Crippen LogP contribution >= 0.6 is 11.8 Å². The fourth-order valence-corrected chi connectivity index (χ4v) is 5.20. The summed E-state index contributed by atoms with van der Waals surface area (Å²) in [5.41, 5.74) is 2.13. The van der Waals surface area contributed by atoms with Crippen LogP contribution in [-0.2, 0) is 4.79 Å². The summed E-state index contributed by atoms with van der Waals surface area (Å²) < 4.78 is 47.6. The summed E-state index contributed by atoms with van der Waals surface area (Å²) in [6, 6.07) is 13.5. The highest BCUT2D eigenvalue weighted by Crippen LogP contribution is 2.36. The number of benzene rings is 2. The molecule has 3 heterocycles. The van der Waals surface area contributed by atoms with E-state index in [1.807, 2.05) is 26.0 Å². The number of rotatable bonds is 7. The number of thioether (sulfide) groups is 1. The molecule has 0 aliphatic carbocycles. The molecule has 2 aromatic heterocycles. The molecule has 0 atom stereocenters. The van der Waals surface area contributed by atoms with Crippen molar-refractivity contribution in [2.75, 3.05) is 23.1 Å². The number of aliphatic imine (C=N–C) groups is 1. The van der Waals surface area contributed by atoms with Crippen molar-refractivity contribution in [2.24, 2.45) is 4.99 Å². The van der Waals surface area contributed by atoms with Crippen molar-refractivity contribution in [3.05, 3.63) is 72.2 Å². The number of urea groups is 1. The molecule has 16 heteroatoms. The van der Waals surface area contributed by atoms with Gasteiger partial charge in [-0.25, -0.2) is 19.4 Å². The van der Waals surface area contributed by atoms with Gasteiger partial charge >= 0.3 is 12.4 Å². The Morgan fingerprint density at radius 2 is 1.91 bits per heavy atom. The van der Waals surface area contributed by atoms with Crippen molar-refractivity contribution in [1.82, 2.24) is 19.7 Å². The van der Waals surface area contributed by atoms with Gasteiger partial charge in [-0.3, -0.25) is 9.69 Å². The number of carbonyl (C=O) groups is 2. The van der Waals surface area contributed by atoms with E-state index in [2.05, 4.69) is 30.1 Å². The fraction of sp³-hybridized carbons (Fsp3) is 0.207. The number of hydrogen-bond donors (Lipinski definition) is 1. The summed E-state index contributed by atoms with van der Waals surface area (Å²) in [5, 5.41) is 16.8. The van der Waals surface area contributed by atoms with Gasteiger partial charge in [0.15, 0.2) is 16.8 Å². The van der Waals surface area contributed by atoms with Crippen LogP contribution in [0, 0.1) is 11.3 Å². The minimum atomic E-state index is -4.84. The Bertz CT molecular complexity index is 1830. The highest BCUT2D eigenvalue weighted by molar-refractivity contribution is 8.15. The second-order valence-electron chi connectivity index (χ2n) is 9.71. The molecule has 1 aliphatic rings. The number of nitrogens with one attached hydrogen (secondary N) is 1. The first-order chi connectivity index (χ1) is 21.5. The van der Waals surface area contributed by atoms with Gasteiger partial charge < -0.3 is 14.8 Å². The number of hydrogen-bond acceptors (Lipinski definition) is 9. The third kappa shape index (κ3) is 7.04. The van der Waals surface area contributed by atoms with E-state index in [0.29, 0.717) is 17.0 Å². The van der Waals surface area contributed by atoms with Gasteiger partial charge in [0.25, 0.3) is 0 Å². The summed E-state index contributed by atoms with van der Waals surface area (Å²) in [7, 11) is 1.52. The molecule has 1 fully saturated rings. The molecule has 5 rings (SSSR count). The van der Waals surface area contributed by atoms with Crippen LogP contribution < -0.4 is 19.7 Å². The minimum Gasteiger partial charge on any atom is -0.497 e. The standard InChI is InChI=1S/C29H23F3N8O4S/c1-16(2)21-7-5-19(43-3)11-23(21)40-25(41)14-45-28(40)37-27(42)36-22-8-4-17(10-18(22)12-33)26-35-15-39(38-26)24-9-6-20(13-34-24)44-29(30,31)32/h4-11,13,15-16H,14H2,1-3H3,(H,36,42)/b37-28-. The molecule has 45 heavy (non-hydrogen) atoms. The van der Waals surface area contributed by atoms with E-state index >= 15 is 0 Å². The predicted octanol–water partition coefficient (Wildman–Crippen LogP) is 5.90. The summed E-state index contributed by atoms with van der Waals surface area (Å²) in [6.45, 7) is 3.97. The van der Waals surface area contributed by atoms with E-state index in [4.69, 9.17) is 4.74 Å². The van der Waals surface area contributed by atoms with Gasteiger partial charge in [0.2, 0.25) is 5.91 Å². The highest BCUT2D eigenvalue weighted by Gasteiger charge is 2.33. The molecule has 1 saturated heterocycles. The van der Waals surface area contributed by atoms with Crippen molar-refractivity contribution in [1.29, 1.82) is 5.26 Å². The van der Waals surface area contributed by atoms with Crippen molar-refractivity contribution >= 4 is 40.2 Å². The normalized spacial score (nSPS) is 14.1. The van der Waals surface area contributed by atoms with Crippen LogP contribution in [0.15, 0.2) is 66.0 Å².